The minimum absolute atomic E-state index is 0.732. The van der Waals surface area contributed by atoms with Crippen LogP contribution in [0.2, 0.25) is 0 Å². The molecular formula is C15H31N3. The third kappa shape index (κ3) is 3.94. The van der Waals surface area contributed by atoms with E-state index in [1.165, 1.54) is 64.7 Å². The summed E-state index contributed by atoms with van der Waals surface area (Å²) in [6.07, 6.45) is 8.74. The molecule has 18 heavy (non-hydrogen) atoms. The van der Waals surface area contributed by atoms with Gasteiger partial charge in [-0.1, -0.05) is 25.7 Å². The molecule has 0 aromatic carbocycles. The van der Waals surface area contributed by atoms with Gasteiger partial charge in [-0.15, -0.1) is 0 Å². The normalized spacial score (nSPS) is 29.3. The molecule has 1 aliphatic heterocycles. The van der Waals surface area contributed by atoms with Crippen LogP contribution in [0.15, 0.2) is 0 Å². The smallest absolute Gasteiger partial charge is 0.0196 e. The number of nitrogens with one attached hydrogen (secondary N) is 1. The maximum absolute atomic E-state index is 3.26. The Bertz CT molecular complexity index is 224. The number of piperazine rings is 1. The molecule has 0 aromatic heterocycles. The number of nitrogens with zero attached hydrogens (tertiary/aromatic N) is 2. The van der Waals surface area contributed by atoms with Gasteiger partial charge < -0.3 is 5.32 Å². The Labute approximate surface area is 113 Å². The van der Waals surface area contributed by atoms with Crippen LogP contribution in [0.3, 0.4) is 0 Å². The summed E-state index contributed by atoms with van der Waals surface area (Å²) >= 11 is 0. The predicted molar refractivity (Wildman–Crippen MR) is 78.0 cm³/mol. The average Bonchev–Trinajstić information content (AvgIpc) is 2.66. The van der Waals surface area contributed by atoms with Crippen molar-refractivity contribution in [2.45, 2.75) is 57.5 Å². The lowest BCUT2D eigenvalue weighted by Gasteiger charge is -2.43. The quantitative estimate of drug-likeness (QED) is 0.773. The van der Waals surface area contributed by atoms with E-state index in [0.29, 0.717) is 0 Å². The molecule has 106 valence electrons. The molecule has 2 fully saturated rings. The average molecular weight is 253 g/mol. The largest absolute Gasteiger partial charge is 0.318 e. The van der Waals surface area contributed by atoms with E-state index in [9.17, 15) is 0 Å². The molecule has 0 bridgehead atoms. The van der Waals surface area contributed by atoms with Gasteiger partial charge in [-0.3, -0.25) is 9.80 Å². The van der Waals surface area contributed by atoms with Gasteiger partial charge in [0.25, 0.3) is 0 Å². The SMILES string of the molecule is CNCCN1CCN(C2CCCCCC2)CC1C. The molecule has 2 rings (SSSR count). The van der Waals surface area contributed by atoms with Crippen molar-refractivity contribution >= 4 is 0 Å². The third-order valence-electron chi connectivity index (χ3n) is 4.79. The van der Waals surface area contributed by atoms with Crippen LogP contribution in [0.4, 0.5) is 0 Å². The van der Waals surface area contributed by atoms with Gasteiger partial charge in [0.05, 0.1) is 0 Å². The Morgan fingerprint density at radius 3 is 2.39 bits per heavy atom. The fourth-order valence-electron chi connectivity index (χ4n) is 3.57. The lowest BCUT2D eigenvalue weighted by molar-refractivity contribution is 0.0514. The van der Waals surface area contributed by atoms with E-state index in [4.69, 9.17) is 0 Å². The van der Waals surface area contributed by atoms with Gasteiger partial charge in [0, 0.05) is 44.8 Å². The highest BCUT2D eigenvalue weighted by Gasteiger charge is 2.28. The number of hydrogen-bond donors (Lipinski definition) is 1. The molecule has 3 nitrogen and oxygen atoms in total. The lowest BCUT2D eigenvalue weighted by atomic mass is 10.0. The molecule has 1 saturated carbocycles. The second kappa shape index (κ2) is 7.46. The van der Waals surface area contributed by atoms with Gasteiger partial charge in [0.2, 0.25) is 0 Å². The second-order valence-corrected chi connectivity index (χ2v) is 6.13. The third-order valence-corrected chi connectivity index (χ3v) is 4.79. The van der Waals surface area contributed by atoms with E-state index in [1.807, 2.05) is 7.05 Å². The molecule has 1 atom stereocenters. The Morgan fingerprint density at radius 2 is 1.78 bits per heavy atom. The topological polar surface area (TPSA) is 18.5 Å². The van der Waals surface area contributed by atoms with Crippen molar-refractivity contribution in [3.8, 4) is 0 Å². The van der Waals surface area contributed by atoms with Gasteiger partial charge in [-0.05, 0) is 26.8 Å². The molecule has 0 amide bonds. The van der Waals surface area contributed by atoms with Crippen LogP contribution in [0, 0.1) is 0 Å². The van der Waals surface area contributed by atoms with Gasteiger partial charge in [0.15, 0.2) is 0 Å². The summed E-state index contributed by atoms with van der Waals surface area (Å²) in [6, 6.07) is 1.62. The Hall–Kier alpha value is -0.120. The molecular weight excluding hydrogens is 222 g/mol. The number of hydrogen-bond acceptors (Lipinski definition) is 3. The van der Waals surface area contributed by atoms with Crippen molar-refractivity contribution < 1.29 is 0 Å². The summed E-state index contributed by atoms with van der Waals surface area (Å²) in [4.78, 5) is 5.43. The van der Waals surface area contributed by atoms with E-state index >= 15 is 0 Å². The monoisotopic (exact) mass is 253 g/mol. The fourth-order valence-corrected chi connectivity index (χ4v) is 3.57. The summed E-state index contributed by atoms with van der Waals surface area (Å²) in [5.41, 5.74) is 0. The van der Waals surface area contributed by atoms with E-state index in [-0.39, 0.29) is 0 Å². The predicted octanol–water partition coefficient (Wildman–Crippen LogP) is 1.93. The zero-order valence-corrected chi connectivity index (χ0v) is 12.3. The van der Waals surface area contributed by atoms with Crippen molar-refractivity contribution in [3.63, 3.8) is 0 Å². The summed E-state index contributed by atoms with van der Waals surface area (Å²) in [6.45, 7) is 8.56. The molecule has 1 unspecified atom stereocenters. The van der Waals surface area contributed by atoms with Gasteiger partial charge in [0.1, 0.15) is 0 Å². The summed E-state index contributed by atoms with van der Waals surface area (Å²) in [7, 11) is 2.05. The maximum Gasteiger partial charge on any atom is 0.0196 e. The number of rotatable bonds is 4. The van der Waals surface area contributed by atoms with Crippen molar-refractivity contribution in [2.75, 3.05) is 39.8 Å². The van der Waals surface area contributed by atoms with Crippen molar-refractivity contribution in [1.29, 1.82) is 0 Å². The first kappa shape index (κ1) is 14.3. The summed E-state index contributed by atoms with van der Waals surface area (Å²) in [5.74, 6) is 0. The van der Waals surface area contributed by atoms with Crippen LogP contribution in [-0.4, -0.2) is 61.7 Å². The molecule has 3 heteroatoms. The van der Waals surface area contributed by atoms with E-state index in [0.717, 1.165) is 18.6 Å². The van der Waals surface area contributed by atoms with E-state index in [1.54, 1.807) is 0 Å². The van der Waals surface area contributed by atoms with Crippen LogP contribution in [0.5, 0.6) is 0 Å². The second-order valence-electron chi connectivity index (χ2n) is 6.13. The van der Waals surface area contributed by atoms with Crippen molar-refractivity contribution in [1.82, 2.24) is 15.1 Å². The van der Waals surface area contributed by atoms with Crippen LogP contribution >= 0.6 is 0 Å². The standard InChI is InChI=1S/C15H31N3/c1-14-13-18(12-11-17(14)10-9-16-2)15-7-5-3-4-6-8-15/h14-16H,3-13H2,1-2H3. The van der Waals surface area contributed by atoms with Crippen LogP contribution < -0.4 is 5.32 Å². The Kier molecular flexibility index (Phi) is 5.93. The first-order valence-corrected chi connectivity index (χ1v) is 7.94. The summed E-state index contributed by atoms with van der Waals surface area (Å²) in [5, 5.41) is 3.26. The van der Waals surface area contributed by atoms with E-state index in [2.05, 4.69) is 22.0 Å². The highest BCUT2D eigenvalue weighted by atomic mass is 15.3. The molecule has 0 radical (unpaired) electrons. The van der Waals surface area contributed by atoms with Crippen LogP contribution in [0.25, 0.3) is 0 Å². The first-order chi connectivity index (χ1) is 8.81. The molecule has 1 N–H and O–H groups in total. The molecule has 1 saturated heterocycles. The first-order valence-electron chi connectivity index (χ1n) is 7.94. The minimum atomic E-state index is 0.732. The maximum atomic E-state index is 3.26. The van der Waals surface area contributed by atoms with E-state index < -0.39 is 0 Å². The molecule has 1 heterocycles. The zero-order valence-electron chi connectivity index (χ0n) is 12.3. The Balaban J connectivity index is 1.79. The van der Waals surface area contributed by atoms with Gasteiger partial charge in [-0.25, -0.2) is 0 Å². The highest BCUT2D eigenvalue weighted by molar-refractivity contribution is 4.84. The van der Waals surface area contributed by atoms with Gasteiger partial charge >= 0.3 is 0 Å². The van der Waals surface area contributed by atoms with Crippen molar-refractivity contribution in [2.24, 2.45) is 0 Å². The Morgan fingerprint density at radius 1 is 1.06 bits per heavy atom. The van der Waals surface area contributed by atoms with Crippen LogP contribution in [0.1, 0.15) is 45.4 Å². The minimum Gasteiger partial charge on any atom is -0.318 e. The summed E-state index contributed by atoms with van der Waals surface area (Å²) < 4.78 is 0. The molecule has 2 aliphatic rings. The molecule has 1 aliphatic carbocycles. The highest BCUT2D eigenvalue weighted by Crippen LogP contribution is 2.24. The zero-order chi connectivity index (χ0) is 12.8. The van der Waals surface area contributed by atoms with Gasteiger partial charge in [-0.2, -0.15) is 0 Å². The van der Waals surface area contributed by atoms with Crippen LogP contribution in [-0.2, 0) is 0 Å². The molecule has 0 spiro atoms. The number of likely N-dealkylation sites (N-methyl/N-ethyl adjacent to an activating group) is 1. The van der Waals surface area contributed by atoms with Crippen molar-refractivity contribution in [3.05, 3.63) is 0 Å². The molecule has 0 aromatic rings. The lowest BCUT2D eigenvalue weighted by Crippen LogP contribution is -2.55. The fraction of sp³-hybridized carbons (Fsp3) is 1.00.